The lowest BCUT2D eigenvalue weighted by atomic mass is 9.80. The largest absolute Gasteiger partial charge is 0.493 e. The van der Waals surface area contributed by atoms with E-state index >= 15 is 4.79 Å². The normalized spacial score (nSPS) is 17.7. The Balaban J connectivity index is 1.77. The summed E-state index contributed by atoms with van der Waals surface area (Å²) in [4.78, 5) is 39.6. The first kappa shape index (κ1) is 36.8. The van der Waals surface area contributed by atoms with Gasteiger partial charge in [0.2, 0.25) is 5.91 Å². The number of hydrogen-bond acceptors (Lipinski definition) is 9. The molecule has 50 heavy (non-hydrogen) atoms. The van der Waals surface area contributed by atoms with E-state index in [1.807, 2.05) is 60.4 Å². The molecule has 1 aromatic heterocycles. The van der Waals surface area contributed by atoms with Gasteiger partial charge in [-0.1, -0.05) is 41.4 Å². The lowest BCUT2D eigenvalue weighted by Gasteiger charge is -2.54. The van der Waals surface area contributed by atoms with Gasteiger partial charge >= 0.3 is 0 Å². The van der Waals surface area contributed by atoms with Crippen molar-refractivity contribution in [3.63, 3.8) is 0 Å². The van der Waals surface area contributed by atoms with Crippen LogP contribution in [0.2, 0.25) is 10.0 Å². The SMILES string of the molecule is CCOc1cc(C#N)ccc1C1(C(=O)n2ccnc2)CN(c2ccc(Cl)cc2)[C@H](c2ccc(Cl)cc2)CN1CC(=O)N(CCOC)CCOC. The van der Waals surface area contributed by atoms with E-state index in [1.54, 1.807) is 43.5 Å². The number of methoxy groups -OCH3 is 2. The van der Waals surface area contributed by atoms with Crippen molar-refractivity contribution in [3.05, 3.63) is 112 Å². The van der Waals surface area contributed by atoms with Crippen LogP contribution in [0.4, 0.5) is 5.69 Å². The molecule has 2 heterocycles. The van der Waals surface area contributed by atoms with Crippen molar-refractivity contribution >= 4 is 40.7 Å². The zero-order valence-corrected chi connectivity index (χ0v) is 29.8. The highest BCUT2D eigenvalue weighted by molar-refractivity contribution is 6.30. The number of aromatic nitrogens is 2. The van der Waals surface area contributed by atoms with Crippen molar-refractivity contribution in [2.24, 2.45) is 0 Å². The quantitative estimate of drug-likeness (QED) is 0.163. The molecule has 262 valence electrons. The lowest BCUT2D eigenvalue weighted by Crippen LogP contribution is -2.67. The van der Waals surface area contributed by atoms with E-state index in [1.165, 1.54) is 17.1 Å². The van der Waals surface area contributed by atoms with E-state index in [9.17, 15) is 10.1 Å². The van der Waals surface area contributed by atoms with Crippen molar-refractivity contribution in [2.45, 2.75) is 18.5 Å². The summed E-state index contributed by atoms with van der Waals surface area (Å²) in [5.74, 6) is -0.181. The molecule has 1 unspecified atom stereocenters. The first-order chi connectivity index (χ1) is 24.2. The molecule has 2 atom stereocenters. The molecule has 1 fully saturated rings. The third-order valence-electron chi connectivity index (χ3n) is 8.88. The van der Waals surface area contributed by atoms with E-state index in [-0.39, 0.29) is 44.1 Å². The van der Waals surface area contributed by atoms with Crippen LogP contribution >= 0.6 is 23.2 Å². The number of rotatable bonds is 14. The Hall–Kier alpha value is -4.44. The van der Waals surface area contributed by atoms with E-state index in [0.717, 1.165) is 11.3 Å². The molecule has 13 heteroatoms. The van der Waals surface area contributed by atoms with Gasteiger partial charge in [-0.2, -0.15) is 5.26 Å². The van der Waals surface area contributed by atoms with Crippen LogP contribution < -0.4 is 9.64 Å². The smallest absolute Gasteiger partial charge is 0.258 e. The number of benzene rings is 3. The Morgan fingerprint density at radius 2 is 1.66 bits per heavy atom. The Bertz CT molecular complexity index is 1770. The van der Waals surface area contributed by atoms with Crippen LogP contribution in [0.25, 0.3) is 0 Å². The molecule has 5 rings (SSSR count). The number of piperazine rings is 1. The average Bonchev–Trinajstić information content (AvgIpc) is 3.67. The molecule has 1 saturated heterocycles. The standard InChI is InChI=1S/C37H40Cl2N6O5/c1-4-50-34-21-27(22-40)5-14-32(34)37(36(47)43-16-15-41-26-43)25-45(31-12-10-30(39)11-13-31)33(28-6-8-29(38)9-7-28)23-44(37)24-35(46)42(17-19-48-2)18-20-49-3/h5-16,21,26,33H,4,17-20,23-25H2,1-3H3/t33-,37?/m0/s1. The predicted molar refractivity (Wildman–Crippen MR) is 192 cm³/mol. The predicted octanol–water partition coefficient (Wildman–Crippen LogP) is 5.68. The molecular formula is C37H40Cl2N6O5. The Morgan fingerprint density at radius 3 is 2.24 bits per heavy atom. The second-order valence-electron chi connectivity index (χ2n) is 11.8. The molecule has 4 aromatic rings. The van der Waals surface area contributed by atoms with Crippen molar-refractivity contribution in [1.82, 2.24) is 19.4 Å². The summed E-state index contributed by atoms with van der Waals surface area (Å²) in [6.07, 6.45) is 4.59. The molecule has 0 N–H and O–H groups in total. The summed E-state index contributed by atoms with van der Waals surface area (Å²) in [6, 6.07) is 21.9. The minimum Gasteiger partial charge on any atom is -0.493 e. The molecular weight excluding hydrogens is 679 g/mol. The third kappa shape index (κ3) is 7.96. The van der Waals surface area contributed by atoms with Gasteiger partial charge in [-0.25, -0.2) is 4.98 Å². The molecule has 0 bridgehead atoms. The zero-order chi connectivity index (χ0) is 35.7. The molecule has 11 nitrogen and oxygen atoms in total. The Labute approximate surface area is 302 Å². The van der Waals surface area contributed by atoms with Crippen LogP contribution in [-0.4, -0.2) is 97.9 Å². The van der Waals surface area contributed by atoms with Gasteiger partial charge in [-0.3, -0.25) is 19.1 Å². The van der Waals surface area contributed by atoms with Crippen LogP contribution in [0, 0.1) is 11.3 Å². The number of nitriles is 1. The lowest BCUT2D eigenvalue weighted by molar-refractivity contribution is -0.135. The summed E-state index contributed by atoms with van der Waals surface area (Å²) in [6.45, 7) is 3.67. The van der Waals surface area contributed by atoms with Gasteiger partial charge in [0.1, 0.15) is 17.6 Å². The van der Waals surface area contributed by atoms with Crippen molar-refractivity contribution in [3.8, 4) is 11.8 Å². The molecule has 1 aliphatic rings. The van der Waals surface area contributed by atoms with Gasteiger partial charge in [-0.05, 0) is 61.0 Å². The highest BCUT2D eigenvalue weighted by atomic mass is 35.5. The first-order valence-electron chi connectivity index (χ1n) is 16.2. The summed E-state index contributed by atoms with van der Waals surface area (Å²) >= 11 is 12.7. The molecule has 0 spiro atoms. The topological polar surface area (TPSA) is 113 Å². The number of imidazole rings is 1. The van der Waals surface area contributed by atoms with Crippen LogP contribution in [-0.2, 0) is 19.8 Å². The van der Waals surface area contributed by atoms with Crippen LogP contribution in [0.5, 0.6) is 5.75 Å². The number of carbonyl (C=O) groups excluding carboxylic acids is 2. The number of anilines is 1. The van der Waals surface area contributed by atoms with Crippen molar-refractivity contribution < 1.29 is 23.8 Å². The number of amides is 1. The van der Waals surface area contributed by atoms with E-state index < -0.39 is 5.54 Å². The molecule has 1 aliphatic heterocycles. The summed E-state index contributed by atoms with van der Waals surface area (Å²) in [7, 11) is 3.17. The van der Waals surface area contributed by atoms with E-state index in [0.29, 0.717) is 53.2 Å². The zero-order valence-electron chi connectivity index (χ0n) is 28.3. The minimum atomic E-state index is -1.52. The second kappa shape index (κ2) is 17.0. The molecule has 0 radical (unpaired) electrons. The molecule has 1 amide bonds. The van der Waals surface area contributed by atoms with Gasteiger partial charge < -0.3 is 24.0 Å². The van der Waals surface area contributed by atoms with Crippen molar-refractivity contribution in [2.75, 3.05) is 71.7 Å². The molecule has 0 saturated carbocycles. The average molecular weight is 720 g/mol. The molecule has 0 aliphatic carbocycles. The highest BCUT2D eigenvalue weighted by Crippen LogP contribution is 2.46. The van der Waals surface area contributed by atoms with Gasteiger partial charge in [0.25, 0.3) is 5.91 Å². The first-order valence-corrected chi connectivity index (χ1v) is 17.0. The molecule has 3 aromatic carbocycles. The minimum absolute atomic E-state index is 0.0916. The number of nitrogens with zero attached hydrogens (tertiary/aromatic N) is 6. The fraction of sp³-hybridized carbons (Fsp3) is 0.351. The van der Waals surface area contributed by atoms with Gasteiger partial charge in [0, 0.05) is 67.5 Å². The Kier molecular flexibility index (Phi) is 12.5. The van der Waals surface area contributed by atoms with E-state index in [2.05, 4.69) is 16.0 Å². The van der Waals surface area contributed by atoms with Gasteiger partial charge in [0.15, 0.2) is 0 Å². The number of carbonyl (C=O) groups is 2. The third-order valence-corrected chi connectivity index (χ3v) is 9.38. The number of halogens is 2. The monoisotopic (exact) mass is 718 g/mol. The second-order valence-corrected chi connectivity index (χ2v) is 12.7. The van der Waals surface area contributed by atoms with E-state index in [4.69, 9.17) is 37.4 Å². The maximum Gasteiger partial charge on any atom is 0.258 e. The maximum atomic E-state index is 15.2. The highest BCUT2D eigenvalue weighted by Gasteiger charge is 2.55. The summed E-state index contributed by atoms with van der Waals surface area (Å²) in [5.41, 5.74) is 1.12. The van der Waals surface area contributed by atoms with Crippen LogP contribution in [0.15, 0.2) is 85.5 Å². The number of ether oxygens (including phenoxy) is 3. The fourth-order valence-electron chi connectivity index (χ4n) is 6.40. The summed E-state index contributed by atoms with van der Waals surface area (Å²) < 4.78 is 18.3. The van der Waals surface area contributed by atoms with Crippen LogP contribution in [0.1, 0.15) is 34.5 Å². The maximum absolute atomic E-state index is 15.2. The van der Waals surface area contributed by atoms with Crippen molar-refractivity contribution in [1.29, 1.82) is 5.26 Å². The van der Waals surface area contributed by atoms with Gasteiger partial charge in [0.05, 0.1) is 50.6 Å². The van der Waals surface area contributed by atoms with Gasteiger partial charge in [-0.15, -0.1) is 0 Å². The van der Waals surface area contributed by atoms with Crippen LogP contribution in [0.3, 0.4) is 0 Å². The fourth-order valence-corrected chi connectivity index (χ4v) is 6.65. The Morgan fingerprint density at radius 1 is 1.00 bits per heavy atom. The summed E-state index contributed by atoms with van der Waals surface area (Å²) in [5, 5.41) is 11.0. The number of hydrogen-bond donors (Lipinski definition) is 0.